The number of esters is 1. The molecule has 0 saturated carbocycles. The molecule has 0 spiro atoms. The molecule has 1 aromatic carbocycles. The van der Waals surface area contributed by atoms with Crippen molar-refractivity contribution < 1.29 is 18.9 Å². The van der Waals surface area contributed by atoms with Crippen LogP contribution in [0.1, 0.15) is 41.6 Å². The van der Waals surface area contributed by atoms with Gasteiger partial charge in [0.25, 0.3) is 0 Å². The van der Waals surface area contributed by atoms with Crippen molar-refractivity contribution in [2.45, 2.75) is 26.4 Å². The van der Waals surface area contributed by atoms with Crippen molar-refractivity contribution in [2.24, 2.45) is 0 Å². The molecule has 0 unspecified atom stereocenters. The summed E-state index contributed by atoms with van der Waals surface area (Å²) < 4.78 is 9.90. The van der Waals surface area contributed by atoms with E-state index >= 15 is 0 Å². The fraction of sp³-hybridized carbons (Fsp3) is 0.222. The van der Waals surface area contributed by atoms with Crippen molar-refractivity contribution in [3.05, 3.63) is 68.9 Å². The number of nitrogens with zero attached hydrogens (tertiary/aromatic N) is 2. The molecule has 0 radical (unpaired) electrons. The molecule has 0 aliphatic rings. The largest absolute Gasteiger partial charge is 0.453 e. The number of aromatic nitrogens is 1. The summed E-state index contributed by atoms with van der Waals surface area (Å²) in [5.74, 6) is -1.02. The van der Waals surface area contributed by atoms with Gasteiger partial charge in [-0.25, -0.2) is 9.78 Å². The summed E-state index contributed by atoms with van der Waals surface area (Å²) in [4.78, 5) is 26.2. The predicted molar refractivity (Wildman–Crippen MR) is 96.1 cm³/mol. The van der Waals surface area contributed by atoms with Crippen LogP contribution in [0.15, 0.2) is 46.2 Å². The van der Waals surface area contributed by atoms with Crippen LogP contribution in [-0.2, 0) is 11.3 Å². The lowest BCUT2D eigenvalue weighted by molar-refractivity contribution is -0.402. The fourth-order valence-electron chi connectivity index (χ4n) is 2.26. The second-order valence-electron chi connectivity index (χ2n) is 5.89. The number of carbonyl (C=O) groups excluding carboxylic acids is 1. The van der Waals surface area contributed by atoms with Crippen LogP contribution < -0.4 is 0 Å². The van der Waals surface area contributed by atoms with Gasteiger partial charge in [0.05, 0.1) is 11.8 Å². The zero-order valence-electron chi connectivity index (χ0n) is 14.2. The minimum absolute atomic E-state index is 0.0338. The lowest BCUT2D eigenvalue weighted by Gasteiger charge is -2.05. The Hall–Kier alpha value is -3.00. The van der Waals surface area contributed by atoms with E-state index in [4.69, 9.17) is 9.15 Å². The summed E-state index contributed by atoms with van der Waals surface area (Å²) in [7, 11) is 0. The van der Waals surface area contributed by atoms with Gasteiger partial charge in [0.15, 0.2) is 0 Å². The maximum atomic E-state index is 11.9. The molecular formula is C18H16N2O5S. The molecule has 3 rings (SSSR count). The highest BCUT2D eigenvalue weighted by molar-refractivity contribution is 7.13. The van der Waals surface area contributed by atoms with Gasteiger partial charge in [-0.3, -0.25) is 10.1 Å². The molecule has 0 atom stereocenters. The molecule has 7 nitrogen and oxygen atoms in total. The number of hydrogen-bond acceptors (Lipinski definition) is 7. The third kappa shape index (κ3) is 3.97. The molecule has 0 aliphatic carbocycles. The van der Waals surface area contributed by atoms with E-state index in [0.717, 1.165) is 16.6 Å². The lowest BCUT2D eigenvalue weighted by Crippen LogP contribution is -2.04. The van der Waals surface area contributed by atoms with Crippen molar-refractivity contribution in [3.63, 3.8) is 0 Å². The van der Waals surface area contributed by atoms with E-state index in [-0.39, 0.29) is 12.4 Å². The number of benzene rings is 1. The van der Waals surface area contributed by atoms with Gasteiger partial charge >= 0.3 is 11.9 Å². The van der Waals surface area contributed by atoms with Crippen LogP contribution in [0.5, 0.6) is 0 Å². The van der Waals surface area contributed by atoms with Crippen molar-refractivity contribution >= 4 is 23.2 Å². The predicted octanol–water partition coefficient (Wildman–Crippen LogP) is 4.79. The molecule has 0 amide bonds. The van der Waals surface area contributed by atoms with Crippen LogP contribution in [0.4, 0.5) is 5.88 Å². The molecule has 8 heteroatoms. The van der Waals surface area contributed by atoms with Crippen LogP contribution in [-0.4, -0.2) is 15.9 Å². The van der Waals surface area contributed by atoms with E-state index in [2.05, 4.69) is 31.0 Å². The average molecular weight is 372 g/mol. The molecule has 0 aliphatic heterocycles. The number of carbonyl (C=O) groups is 1. The van der Waals surface area contributed by atoms with Crippen LogP contribution in [0.25, 0.3) is 10.6 Å². The van der Waals surface area contributed by atoms with E-state index < -0.39 is 16.8 Å². The van der Waals surface area contributed by atoms with Gasteiger partial charge in [0, 0.05) is 10.9 Å². The van der Waals surface area contributed by atoms with E-state index in [1.165, 1.54) is 23.0 Å². The van der Waals surface area contributed by atoms with Crippen molar-refractivity contribution in [2.75, 3.05) is 0 Å². The van der Waals surface area contributed by atoms with Crippen molar-refractivity contribution in [1.29, 1.82) is 0 Å². The number of nitro groups is 1. The minimum Gasteiger partial charge on any atom is -0.453 e. The topological polar surface area (TPSA) is 95.5 Å². The number of rotatable bonds is 6. The number of hydrogen-bond donors (Lipinski definition) is 0. The summed E-state index contributed by atoms with van der Waals surface area (Å²) in [6, 6.07) is 10.5. The van der Waals surface area contributed by atoms with Gasteiger partial charge in [0.1, 0.15) is 16.5 Å². The average Bonchev–Trinajstić information content (AvgIpc) is 3.29. The SMILES string of the molecule is CC(C)c1ccc(-c2nc(COC(=O)c3ccc([N+](=O)[O-])o3)cs2)cc1. The summed E-state index contributed by atoms with van der Waals surface area (Å²) >= 11 is 1.46. The molecule has 0 fully saturated rings. The summed E-state index contributed by atoms with van der Waals surface area (Å²) in [6.07, 6.45) is 0. The monoisotopic (exact) mass is 372 g/mol. The van der Waals surface area contributed by atoms with Crippen molar-refractivity contribution in [3.8, 4) is 10.6 Å². The Morgan fingerprint density at radius 3 is 2.62 bits per heavy atom. The summed E-state index contributed by atoms with van der Waals surface area (Å²) in [6.45, 7) is 4.24. The van der Waals surface area contributed by atoms with Crippen LogP contribution in [0.2, 0.25) is 0 Å². The Morgan fingerprint density at radius 2 is 2.00 bits per heavy atom. The molecule has 2 aromatic heterocycles. The maximum Gasteiger partial charge on any atom is 0.433 e. The van der Waals surface area contributed by atoms with E-state index in [9.17, 15) is 14.9 Å². The molecule has 0 bridgehead atoms. The molecule has 3 aromatic rings. The standard InChI is InChI=1S/C18H16N2O5S/c1-11(2)12-3-5-13(6-4-12)17-19-14(10-26-17)9-24-18(21)15-7-8-16(25-15)20(22)23/h3-8,10-11H,9H2,1-2H3. The lowest BCUT2D eigenvalue weighted by atomic mass is 10.0. The second-order valence-corrected chi connectivity index (χ2v) is 6.75. The van der Waals surface area contributed by atoms with E-state index in [1.54, 1.807) is 0 Å². The zero-order chi connectivity index (χ0) is 18.7. The van der Waals surface area contributed by atoms with E-state index in [1.807, 2.05) is 17.5 Å². The maximum absolute atomic E-state index is 11.9. The van der Waals surface area contributed by atoms with Crippen LogP contribution in [0, 0.1) is 10.1 Å². The fourth-order valence-corrected chi connectivity index (χ4v) is 3.07. The molecule has 0 N–H and O–H groups in total. The third-order valence-corrected chi connectivity index (χ3v) is 4.64. The minimum atomic E-state index is -0.770. The smallest absolute Gasteiger partial charge is 0.433 e. The first kappa shape index (κ1) is 17.8. The second kappa shape index (κ2) is 7.49. The zero-order valence-corrected chi connectivity index (χ0v) is 15.0. The normalized spacial score (nSPS) is 10.9. The highest BCUT2D eigenvalue weighted by atomic mass is 32.1. The van der Waals surface area contributed by atoms with Gasteiger partial charge in [-0.15, -0.1) is 11.3 Å². The van der Waals surface area contributed by atoms with Gasteiger partial charge in [-0.1, -0.05) is 38.1 Å². The number of ether oxygens (including phenoxy) is 1. The molecule has 26 heavy (non-hydrogen) atoms. The van der Waals surface area contributed by atoms with Crippen LogP contribution in [0.3, 0.4) is 0 Å². The first-order valence-corrected chi connectivity index (χ1v) is 8.78. The summed E-state index contributed by atoms with van der Waals surface area (Å²) in [5.41, 5.74) is 2.86. The Kier molecular flexibility index (Phi) is 5.13. The summed E-state index contributed by atoms with van der Waals surface area (Å²) in [5, 5.41) is 13.2. The van der Waals surface area contributed by atoms with Crippen molar-refractivity contribution in [1.82, 2.24) is 4.98 Å². The Bertz CT molecular complexity index is 927. The molecular weight excluding hydrogens is 356 g/mol. The van der Waals surface area contributed by atoms with Gasteiger partial charge < -0.3 is 9.15 Å². The van der Waals surface area contributed by atoms with Crippen LogP contribution >= 0.6 is 11.3 Å². The Balaban J connectivity index is 1.62. The first-order chi connectivity index (χ1) is 12.4. The third-order valence-electron chi connectivity index (χ3n) is 3.70. The quantitative estimate of drug-likeness (QED) is 0.351. The van der Waals surface area contributed by atoms with Gasteiger partial charge in [0.2, 0.25) is 5.76 Å². The number of thiazole rings is 1. The molecule has 2 heterocycles. The number of furan rings is 1. The Labute approximate surface area is 153 Å². The first-order valence-electron chi connectivity index (χ1n) is 7.90. The van der Waals surface area contributed by atoms with Gasteiger partial charge in [-0.05, 0) is 17.5 Å². The van der Waals surface area contributed by atoms with E-state index in [0.29, 0.717) is 11.6 Å². The highest BCUT2D eigenvalue weighted by Gasteiger charge is 2.19. The molecule has 134 valence electrons. The van der Waals surface area contributed by atoms with Gasteiger partial charge in [-0.2, -0.15) is 0 Å². The Morgan fingerprint density at radius 1 is 1.27 bits per heavy atom. The highest BCUT2D eigenvalue weighted by Crippen LogP contribution is 2.26. The molecule has 0 saturated heterocycles.